The van der Waals surface area contributed by atoms with Crippen LogP contribution in [0.1, 0.15) is 28.8 Å². The lowest BCUT2D eigenvalue weighted by Gasteiger charge is -2.31. The van der Waals surface area contributed by atoms with E-state index in [0.717, 1.165) is 34.9 Å². The molecule has 2 aromatic carbocycles. The maximum absolute atomic E-state index is 12.4. The molecule has 0 aliphatic carbocycles. The fourth-order valence-electron chi connectivity index (χ4n) is 3.24. The Kier molecular flexibility index (Phi) is 6.88. The third-order valence-corrected chi connectivity index (χ3v) is 6.03. The minimum Gasteiger partial charge on any atom is -0.340 e. The van der Waals surface area contributed by atoms with Gasteiger partial charge in [0, 0.05) is 54.4 Å². The summed E-state index contributed by atoms with van der Waals surface area (Å²) in [7, 11) is 1.87. The monoisotopic (exact) mass is 415 g/mol. The summed E-state index contributed by atoms with van der Waals surface area (Å²) >= 11 is 1.77. The Morgan fingerprint density at radius 3 is 2.38 bits per heavy atom. The van der Waals surface area contributed by atoms with Crippen molar-refractivity contribution in [2.75, 3.05) is 37.3 Å². The van der Waals surface area contributed by atoms with E-state index < -0.39 is 5.92 Å². The summed E-state index contributed by atoms with van der Waals surface area (Å²) in [6, 6.07) is 15.5. The number of nitriles is 1. The minimum atomic E-state index is -2.38. The van der Waals surface area contributed by atoms with Gasteiger partial charge in [-0.2, -0.15) is 5.26 Å². The number of alkyl halides is 2. The summed E-state index contributed by atoms with van der Waals surface area (Å²) in [4.78, 5) is 16.1. The number of thioether (sulfide) groups is 1. The lowest BCUT2D eigenvalue weighted by atomic mass is 10.1. The van der Waals surface area contributed by atoms with E-state index in [9.17, 15) is 13.6 Å². The largest absolute Gasteiger partial charge is 0.340 e. The minimum absolute atomic E-state index is 0.0312. The molecule has 152 valence electrons. The summed E-state index contributed by atoms with van der Waals surface area (Å²) in [6.45, 7) is 1.99. The second-order valence-electron chi connectivity index (χ2n) is 7.16. The first-order valence-electron chi connectivity index (χ1n) is 9.48. The highest BCUT2D eigenvalue weighted by atomic mass is 32.2. The Bertz CT molecular complexity index is 886. The number of piperidine rings is 1. The summed E-state index contributed by atoms with van der Waals surface area (Å²) in [5.41, 5.74) is 3.57. The fraction of sp³-hybridized carbons (Fsp3) is 0.364. The summed E-state index contributed by atoms with van der Waals surface area (Å²) < 4.78 is 24.7. The van der Waals surface area contributed by atoms with Crippen LogP contribution in [0.5, 0.6) is 0 Å². The van der Waals surface area contributed by atoms with Crippen LogP contribution in [0.3, 0.4) is 0 Å². The molecule has 4 nitrogen and oxygen atoms in total. The van der Waals surface area contributed by atoms with Gasteiger partial charge in [-0.3, -0.25) is 4.79 Å². The molecule has 0 amide bonds. The van der Waals surface area contributed by atoms with Crippen molar-refractivity contribution >= 4 is 29.4 Å². The molecule has 4 rings (SSSR count). The Labute approximate surface area is 174 Å². The lowest BCUT2D eigenvalue weighted by Crippen LogP contribution is -2.36. The number of hydrogen-bond donors (Lipinski definition) is 0. The van der Waals surface area contributed by atoms with Gasteiger partial charge in [0.1, 0.15) is 6.29 Å². The van der Waals surface area contributed by atoms with Gasteiger partial charge in [0.2, 0.25) is 0 Å². The number of likely N-dealkylation sites (tertiary alicyclic amines) is 1. The molecule has 2 aliphatic heterocycles. The zero-order chi connectivity index (χ0) is 20.9. The molecule has 2 aromatic rings. The summed E-state index contributed by atoms with van der Waals surface area (Å²) in [5.74, 6) is -1.40. The van der Waals surface area contributed by atoms with E-state index in [1.54, 1.807) is 11.8 Å². The number of carbonyl (C=O) groups is 1. The molecule has 0 radical (unpaired) electrons. The summed E-state index contributed by atoms with van der Waals surface area (Å²) in [6.07, 6.45) is 0.939. The van der Waals surface area contributed by atoms with Gasteiger partial charge in [-0.05, 0) is 49.5 Å². The number of fused-ring (bicyclic) bond motifs is 1. The zero-order valence-corrected chi connectivity index (χ0v) is 17.1. The van der Waals surface area contributed by atoms with Crippen molar-refractivity contribution in [3.05, 3.63) is 53.6 Å². The van der Waals surface area contributed by atoms with Crippen LogP contribution in [0.25, 0.3) is 0 Å². The van der Waals surface area contributed by atoms with Crippen LogP contribution < -0.4 is 4.90 Å². The Morgan fingerprint density at radius 1 is 1.10 bits per heavy atom. The molecule has 29 heavy (non-hydrogen) atoms. The van der Waals surface area contributed by atoms with Crippen molar-refractivity contribution in [3.8, 4) is 6.07 Å². The SMILES string of the molecule is CN1CCC(F)(F)CC1.N#Cc1ccc(N2CCSc3cc(C=O)ccc32)cc1. The molecule has 0 N–H and O–H groups in total. The van der Waals surface area contributed by atoms with Gasteiger partial charge in [-0.1, -0.05) is 0 Å². The predicted molar refractivity (Wildman–Crippen MR) is 112 cm³/mol. The van der Waals surface area contributed by atoms with Crippen LogP contribution in [-0.4, -0.2) is 49.5 Å². The van der Waals surface area contributed by atoms with E-state index in [4.69, 9.17) is 5.26 Å². The van der Waals surface area contributed by atoms with Gasteiger partial charge in [0.05, 0.1) is 17.3 Å². The Balaban J connectivity index is 0.000000224. The van der Waals surface area contributed by atoms with E-state index in [2.05, 4.69) is 11.0 Å². The number of nitrogens with zero attached hydrogens (tertiary/aromatic N) is 3. The summed E-state index contributed by atoms with van der Waals surface area (Å²) in [5, 5.41) is 8.85. The van der Waals surface area contributed by atoms with E-state index in [1.165, 1.54) is 0 Å². The fourth-order valence-corrected chi connectivity index (χ4v) is 4.28. The van der Waals surface area contributed by atoms with Gasteiger partial charge >= 0.3 is 0 Å². The molecule has 2 heterocycles. The molecule has 0 unspecified atom stereocenters. The molecular formula is C22H23F2N3OS. The van der Waals surface area contributed by atoms with Gasteiger partial charge in [-0.25, -0.2) is 8.78 Å². The highest BCUT2D eigenvalue weighted by Gasteiger charge is 2.32. The van der Waals surface area contributed by atoms with E-state index in [1.807, 2.05) is 54.4 Å². The van der Waals surface area contributed by atoms with Crippen LogP contribution >= 0.6 is 11.8 Å². The second kappa shape index (κ2) is 9.38. The first-order chi connectivity index (χ1) is 13.9. The van der Waals surface area contributed by atoms with Gasteiger partial charge < -0.3 is 9.80 Å². The lowest BCUT2D eigenvalue weighted by molar-refractivity contribution is -0.0504. The predicted octanol–water partition coefficient (Wildman–Crippen LogP) is 4.96. The molecule has 1 saturated heterocycles. The normalized spacial score (nSPS) is 18.1. The number of benzene rings is 2. The number of anilines is 2. The first-order valence-corrected chi connectivity index (χ1v) is 10.5. The molecule has 7 heteroatoms. The maximum atomic E-state index is 12.4. The topological polar surface area (TPSA) is 47.3 Å². The second-order valence-corrected chi connectivity index (χ2v) is 8.30. The molecule has 0 aromatic heterocycles. The average Bonchev–Trinajstić information content (AvgIpc) is 2.75. The van der Waals surface area contributed by atoms with Crippen molar-refractivity contribution in [1.29, 1.82) is 5.26 Å². The quantitative estimate of drug-likeness (QED) is 0.649. The molecule has 2 aliphatic rings. The number of halogens is 2. The molecule has 0 spiro atoms. The zero-order valence-electron chi connectivity index (χ0n) is 16.3. The van der Waals surface area contributed by atoms with Gasteiger partial charge in [-0.15, -0.1) is 11.8 Å². The van der Waals surface area contributed by atoms with Crippen LogP contribution in [-0.2, 0) is 0 Å². The van der Waals surface area contributed by atoms with Crippen LogP contribution in [0.2, 0.25) is 0 Å². The molecular weight excluding hydrogens is 392 g/mol. The molecule has 0 bridgehead atoms. The number of rotatable bonds is 2. The Hall–Kier alpha value is -2.43. The van der Waals surface area contributed by atoms with Gasteiger partial charge in [0.25, 0.3) is 5.92 Å². The molecule has 1 fully saturated rings. The van der Waals surface area contributed by atoms with E-state index in [-0.39, 0.29) is 12.8 Å². The van der Waals surface area contributed by atoms with Crippen molar-refractivity contribution in [2.24, 2.45) is 0 Å². The smallest absolute Gasteiger partial charge is 0.250 e. The van der Waals surface area contributed by atoms with Crippen LogP contribution in [0.15, 0.2) is 47.4 Å². The van der Waals surface area contributed by atoms with Crippen molar-refractivity contribution in [3.63, 3.8) is 0 Å². The first kappa shape index (κ1) is 21.3. The van der Waals surface area contributed by atoms with E-state index in [0.29, 0.717) is 24.2 Å². The van der Waals surface area contributed by atoms with E-state index >= 15 is 0 Å². The molecule has 0 atom stereocenters. The molecule has 0 saturated carbocycles. The third kappa shape index (κ3) is 5.55. The Morgan fingerprint density at radius 2 is 1.79 bits per heavy atom. The van der Waals surface area contributed by atoms with Crippen molar-refractivity contribution in [2.45, 2.75) is 23.7 Å². The third-order valence-electron chi connectivity index (χ3n) is 5.01. The van der Waals surface area contributed by atoms with Gasteiger partial charge in [0.15, 0.2) is 0 Å². The highest BCUT2D eigenvalue weighted by Crippen LogP contribution is 2.39. The number of aldehydes is 1. The standard InChI is InChI=1S/C16H12N2OS.C6H11F2N/c17-10-12-1-4-14(5-2-12)18-7-8-20-16-9-13(11-19)3-6-15(16)18;1-9-4-2-6(7,8)3-5-9/h1-6,9,11H,7-8H2;2-5H2,1H3. The van der Waals surface area contributed by atoms with Crippen molar-refractivity contribution in [1.82, 2.24) is 4.90 Å². The van der Waals surface area contributed by atoms with Crippen LogP contribution in [0.4, 0.5) is 20.2 Å². The maximum Gasteiger partial charge on any atom is 0.250 e. The highest BCUT2D eigenvalue weighted by molar-refractivity contribution is 7.99. The average molecular weight is 416 g/mol. The number of carbonyl (C=O) groups excluding carboxylic acids is 1. The van der Waals surface area contributed by atoms with Crippen LogP contribution in [0, 0.1) is 11.3 Å². The number of hydrogen-bond acceptors (Lipinski definition) is 5. The van der Waals surface area contributed by atoms with Crippen molar-refractivity contribution < 1.29 is 13.6 Å².